The molecule has 0 spiro atoms. The Kier molecular flexibility index (Phi) is 8.68. The predicted molar refractivity (Wildman–Crippen MR) is 129 cm³/mol. The minimum absolute atomic E-state index is 0.334. The molecule has 3 aromatic rings. The second-order valence-corrected chi connectivity index (χ2v) is 8.69. The Bertz CT molecular complexity index is 1290. The van der Waals surface area contributed by atoms with Gasteiger partial charge in [0.15, 0.2) is 11.9 Å². The van der Waals surface area contributed by atoms with Gasteiger partial charge in [-0.15, -0.1) is 5.10 Å². The van der Waals surface area contributed by atoms with Crippen molar-refractivity contribution < 1.29 is 50.8 Å². The minimum atomic E-state index is -5.84. The molecule has 1 saturated heterocycles. The van der Waals surface area contributed by atoms with E-state index in [2.05, 4.69) is 20.0 Å². The highest BCUT2D eigenvalue weighted by Crippen LogP contribution is 2.37. The van der Waals surface area contributed by atoms with Gasteiger partial charge in [-0.05, 0) is 36.8 Å². The van der Waals surface area contributed by atoms with Gasteiger partial charge in [-0.1, -0.05) is 29.4 Å². The van der Waals surface area contributed by atoms with Crippen LogP contribution in [0.3, 0.4) is 0 Å². The maximum atomic E-state index is 13.1. The molecule has 0 unspecified atom stereocenters. The standard InChI is InChI=1S/C25H25F5N4O6/c1-14-19(35)20(36-2)21(37-3)23(38-14)40-32-12-15-4-6-16(7-5-15)22-31-13-34(33-22)17-8-10-18(11-9-17)39-25(29,30)24(26,27)28/h4-14,19-21,23,35H,1-3H3/b32-12+/t14-,19-,20+,21+,23-/m0/s1. The first-order valence-electron chi connectivity index (χ1n) is 11.8. The minimum Gasteiger partial charge on any atom is -0.426 e. The number of aliphatic hydroxyl groups is 1. The first kappa shape index (κ1) is 29.3. The highest BCUT2D eigenvalue weighted by Gasteiger charge is 2.61. The number of halogens is 5. The van der Waals surface area contributed by atoms with Crippen molar-refractivity contribution in [3.63, 3.8) is 0 Å². The number of hydrogen-bond donors (Lipinski definition) is 1. The number of alkyl halides is 5. The maximum absolute atomic E-state index is 13.1. The normalized spacial score (nSPS) is 23.9. The third-order valence-electron chi connectivity index (χ3n) is 6.01. The van der Waals surface area contributed by atoms with Gasteiger partial charge < -0.3 is 28.9 Å². The van der Waals surface area contributed by atoms with Crippen LogP contribution in [0.4, 0.5) is 22.0 Å². The lowest BCUT2D eigenvalue weighted by Crippen LogP contribution is -2.58. The van der Waals surface area contributed by atoms with Crippen molar-refractivity contribution in [2.75, 3.05) is 14.2 Å². The molecule has 1 aliphatic rings. The number of hydrogen-bond acceptors (Lipinski definition) is 9. The van der Waals surface area contributed by atoms with Crippen molar-refractivity contribution in [2.45, 2.75) is 49.9 Å². The topological polar surface area (TPSA) is 109 Å². The molecule has 2 aromatic carbocycles. The fourth-order valence-corrected chi connectivity index (χ4v) is 3.85. The Morgan fingerprint density at radius 1 is 0.975 bits per heavy atom. The lowest BCUT2D eigenvalue weighted by molar-refractivity contribution is -0.360. The molecule has 1 aliphatic heterocycles. The number of nitrogens with zero attached hydrogens (tertiary/aromatic N) is 4. The van der Waals surface area contributed by atoms with Crippen LogP contribution in [0.15, 0.2) is 60.0 Å². The summed E-state index contributed by atoms with van der Waals surface area (Å²) in [5, 5.41) is 18.5. The van der Waals surface area contributed by atoms with Gasteiger partial charge in [-0.25, -0.2) is 9.67 Å². The lowest BCUT2D eigenvalue weighted by Gasteiger charge is -2.40. The smallest absolute Gasteiger partial charge is 0.426 e. The van der Waals surface area contributed by atoms with Crippen LogP contribution in [-0.2, 0) is 19.0 Å². The van der Waals surface area contributed by atoms with Gasteiger partial charge in [-0.2, -0.15) is 22.0 Å². The van der Waals surface area contributed by atoms with Gasteiger partial charge >= 0.3 is 12.3 Å². The van der Waals surface area contributed by atoms with Gasteiger partial charge in [0.1, 0.15) is 24.3 Å². The SMILES string of the molecule is CO[C@@H]1[C@@H](O)[C@H](C)O[C@@H](O/N=C/c2ccc(-c3ncn(-c4ccc(OC(F)(F)C(F)(F)F)cc4)n3)cc2)[C@@H]1OC. The molecule has 5 atom stereocenters. The summed E-state index contributed by atoms with van der Waals surface area (Å²) >= 11 is 0. The third-order valence-corrected chi connectivity index (χ3v) is 6.01. The van der Waals surface area contributed by atoms with Crippen LogP contribution in [0, 0.1) is 0 Å². The average molecular weight is 572 g/mol. The van der Waals surface area contributed by atoms with Crippen LogP contribution >= 0.6 is 0 Å². The van der Waals surface area contributed by atoms with E-state index in [9.17, 15) is 27.1 Å². The molecular formula is C25H25F5N4O6. The molecule has 4 rings (SSSR count). The van der Waals surface area contributed by atoms with E-state index in [-0.39, 0.29) is 0 Å². The van der Waals surface area contributed by atoms with E-state index >= 15 is 0 Å². The molecule has 0 bridgehead atoms. The Labute approximate surface area is 224 Å². The number of aliphatic hydroxyl groups excluding tert-OH is 1. The number of benzene rings is 2. The van der Waals surface area contributed by atoms with Crippen molar-refractivity contribution in [3.05, 3.63) is 60.4 Å². The van der Waals surface area contributed by atoms with Crippen LogP contribution < -0.4 is 4.74 Å². The number of rotatable bonds is 9. The van der Waals surface area contributed by atoms with E-state index in [0.29, 0.717) is 22.6 Å². The van der Waals surface area contributed by atoms with Crippen molar-refractivity contribution in [1.82, 2.24) is 14.8 Å². The molecule has 1 aromatic heterocycles. The number of aromatic nitrogens is 3. The molecule has 0 saturated carbocycles. The molecule has 10 nitrogen and oxygen atoms in total. The molecule has 1 N–H and O–H groups in total. The molecule has 0 radical (unpaired) electrons. The molecule has 0 aliphatic carbocycles. The first-order valence-corrected chi connectivity index (χ1v) is 11.8. The zero-order valence-electron chi connectivity index (χ0n) is 21.3. The van der Waals surface area contributed by atoms with Crippen molar-refractivity contribution in [1.29, 1.82) is 0 Å². The van der Waals surface area contributed by atoms with Gasteiger partial charge in [0, 0.05) is 19.8 Å². The maximum Gasteiger partial charge on any atom is 0.499 e. The zero-order chi connectivity index (χ0) is 29.1. The highest BCUT2D eigenvalue weighted by molar-refractivity contribution is 5.80. The Morgan fingerprint density at radius 3 is 2.23 bits per heavy atom. The highest BCUT2D eigenvalue weighted by atomic mass is 19.4. The summed E-state index contributed by atoms with van der Waals surface area (Å²) in [6.45, 7) is 1.68. The van der Waals surface area contributed by atoms with Crippen LogP contribution in [-0.4, -0.2) is 83.3 Å². The Morgan fingerprint density at radius 2 is 1.62 bits per heavy atom. The molecule has 1 fully saturated rings. The second kappa shape index (κ2) is 11.8. The average Bonchev–Trinajstić information content (AvgIpc) is 3.40. The van der Waals surface area contributed by atoms with Gasteiger partial charge in [0.25, 0.3) is 6.29 Å². The van der Waals surface area contributed by atoms with Crippen LogP contribution in [0.2, 0.25) is 0 Å². The van der Waals surface area contributed by atoms with Gasteiger partial charge in [-0.3, -0.25) is 0 Å². The van der Waals surface area contributed by atoms with Crippen LogP contribution in [0.25, 0.3) is 17.1 Å². The summed E-state index contributed by atoms with van der Waals surface area (Å²) in [6.07, 6.45) is -12.1. The molecule has 216 valence electrons. The number of oxime groups is 1. The lowest BCUT2D eigenvalue weighted by atomic mass is 10.00. The largest absolute Gasteiger partial charge is 0.499 e. The fourth-order valence-electron chi connectivity index (χ4n) is 3.85. The summed E-state index contributed by atoms with van der Waals surface area (Å²) < 4.78 is 84.6. The molecule has 15 heteroatoms. The quantitative estimate of drug-likeness (QED) is 0.233. The summed E-state index contributed by atoms with van der Waals surface area (Å²) in [5.41, 5.74) is 1.68. The van der Waals surface area contributed by atoms with Crippen molar-refractivity contribution in [2.24, 2.45) is 5.16 Å². The summed E-state index contributed by atoms with van der Waals surface area (Å²) in [5.74, 6) is -0.327. The molecular weight excluding hydrogens is 547 g/mol. The van der Waals surface area contributed by atoms with E-state index in [4.69, 9.17) is 19.0 Å². The van der Waals surface area contributed by atoms with Crippen LogP contribution in [0.5, 0.6) is 5.75 Å². The third kappa shape index (κ3) is 6.38. The Balaban J connectivity index is 1.38. The number of methoxy groups -OCH3 is 2. The molecule has 40 heavy (non-hydrogen) atoms. The van der Waals surface area contributed by atoms with E-state index in [1.807, 2.05) is 0 Å². The van der Waals surface area contributed by atoms with Crippen molar-refractivity contribution in [3.8, 4) is 22.8 Å². The number of ether oxygens (including phenoxy) is 4. The second-order valence-electron chi connectivity index (χ2n) is 8.69. The van der Waals surface area contributed by atoms with E-state index in [1.54, 1.807) is 31.2 Å². The van der Waals surface area contributed by atoms with Gasteiger partial charge in [0.05, 0.1) is 18.0 Å². The molecule has 2 heterocycles. The summed E-state index contributed by atoms with van der Waals surface area (Å²) in [7, 11) is 2.90. The fraction of sp³-hybridized carbons (Fsp3) is 0.400. The van der Waals surface area contributed by atoms with Crippen molar-refractivity contribution >= 4 is 6.21 Å². The molecule has 0 amide bonds. The van der Waals surface area contributed by atoms with E-state index in [0.717, 1.165) is 12.1 Å². The monoisotopic (exact) mass is 572 g/mol. The summed E-state index contributed by atoms with van der Waals surface area (Å²) in [4.78, 5) is 9.66. The van der Waals surface area contributed by atoms with Gasteiger partial charge in [0.2, 0.25) is 0 Å². The van der Waals surface area contributed by atoms with E-state index < -0.39 is 48.7 Å². The zero-order valence-corrected chi connectivity index (χ0v) is 21.3. The predicted octanol–water partition coefficient (Wildman–Crippen LogP) is 3.95. The summed E-state index contributed by atoms with van der Waals surface area (Å²) in [6, 6.07) is 11.4. The van der Waals surface area contributed by atoms with E-state index in [1.165, 1.54) is 43.6 Å². The first-order chi connectivity index (χ1) is 18.9. The van der Waals surface area contributed by atoms with Crippen LogP contribution in [0.1, 0.15) is 12.5 Å². The Hall–Kier alpha value is -3.66.